The van der Waals surface area contributed by atoms with Gasteiger partial charge in [-0.25, -0.2) is 13.1 Å². The number of rotatable bonds is 5. The molecule has 0 radical (unpaired) electrons. The molecule has 2 atom stereocenters. The van der Waals surface area contributed by atoms with Crippen molar-refractivity contribution in [2.75, 3.05) is 0 Å². The van der Waals surface area contributed by atoms with Crippen LogP contribution in [0.25, 0.3) is 0 Å². The summed E-state index contributed by atoms with van der Waals surface area (Å²) >= 11 is 0. The Hall–Kier alpha value is -2.18. The Kier molecular flexibility index (Phi) is 7.63. The van der Waals surface area contributed by atoms with Crippen LogP contribution >= 0.6 is 0 Å². The SMILES string of the molecule is Cc1ccc(S(=O)(=O)N[C@@H]2CCCC[C@H]2N=Cc2cc(C(C)(C)C)cc(C(C)(C)C)c2O)cc1. The Balaban J connectivity index is 1.91. The Labute approximate surface area is 205 Å². The van der Waals surface area contributed by atoms with Gasteiger partial charge < -0.3 is 5.11 Å². The average molecular weight is 485 g/mol. The van der Waals surface area contributed by atoms with Crippen molar-refractivity contribution in [1.82, 2.24) is 4.72 Å². The number of nitrogens with one attached hydrogen (secondary N) is 1. The molecule has 0 spiro atoms. The van der Waals surface area contributed by atoms with Gasteiger partial charge in [-0.15, -0.1) is 0 Å². The number of aryl methyl sites for hydroxylation is 1. The maximum Gasteiger partial charge on any atom is 0.240 e. The predicted octanol–water partition coefficient (Wildman–Crippen LogP) is 6.00. The highest BCUT2D eigenvalue weighted by molar-refractivity contribution is 7.89. The molecule has 0 unspecified atom stereocenters. The van der Waals surface area contributed by atoms with Crippen LogP contribution in [0.5, 0.6) is 5.75 Å². The minimum atomic E-state index is -3.63. The van der Waals surface area contributed by atoms with Crippen molar-refractivity contribution < 1.29 is 13.5 Å². The summed E-state index contributed by atoms with van der Waals surface area (Å²) in [5, 5.41) is 11.1. The lowest BCUT2D eigenvalue weighted by Gasteiger charge is -2.30. The van der Waals surface area contributed by atoms with E-state index >= 15 is 0 Å². The molecule has 186 valence electrons. The second-order valence-corrected chi connectivity index (χ2v) is 13.3. The maximum atomic E-state index is 13.0. The molecule has 6 heteroatoms. The fourth-order valence-corrected chi connectivity index (χ4v) is 5.65. The van der Waals surface area contributed by atoms with E-state index in [0.29, 0.717) is 5.56 Å². The van der Waals surface area contributed by atoms with Crippen molar-refractivity contribution in [1.29, 1.82) is 0 Å². The van der Waals surface area contributed by atoms with Crippen LogP contribution in [0.3, 0.4) is 0 Å². The second kappa shape index (κ2) is 9.82. The van der Waals surface area contributed by atoms with Crippen molar-refractivity contribution in [3.8, 4) is 5.75 Å². The summed E-state index contributed by atoms with van der Waals surface area (Å²) in [6.07, 6.45) is 5.26. The first-order valence-electron chi connectivity index (χ1n) is 12.2. The van der Waals surface area contributed by atoms with Crippen molar-refractivity contribution in [2.45, 2.75) is 102 Å². The standard InChI is InChI=1S/C28H40N2O3S/c1-19-12-14-22(15-13-19)34(32,33)30-25-11-9-8-10-24(25)29-18-20-16-21(27(2,3)4)17-23(26(20)31)28(5,6)7/h12-18,24-25,30-31H,8-11H2,1-7H3/t24-,25-/m1/s1. The van der Waals surface area contributed by atoms with Crippen molar-refractivity contribution in [3.05, 3.63) is 58.7 Å². The molecule has 34 heavy (non-hydrogen) atoms. The van der Waals surface area contributed by atoms with Crippen LogP contribution in [0, 0.1) is 6.92 Å². The number of hydrogen-bond acceptors (Lipinski definition) is 4. The van der Waals surface area contributed by atoms with Gasteiger partial charge in [0.05, 0.1) is 10.9 Å². The fraction of sp³-hybridized carbons (Fsp3) is 0.536. The molecule has 5 nitrogen and oxygen atoms in total. The molecule has 0 saturated heterocycles. The van der Waals surface area contributed by atoms with E-state index in [4.69, 9.17) is 4.99 Å². The number of benzene rings is 2. The van der Waals surface area contributed by atoms with Crippen LogP contribution in [-0.4, -0.2) is 31.8 Å². The molecule has 0 heterocycles. The van der Waals surface area contributed by atoms with E-state index in [0.717, 1.165) is 42.4 Å². The Morgan fingerprint density at radius 2 is 1.59 bits per heavy atom. The molecule has 2 aromatic carbocycles. The minimum absolute atomic E-state index is 0.0761. The summed E-state index contributed by atoms with van der Waals surface area (Å²) in [5.74, 6) is 0.247. The molecule has 1 saturated carbocycles. The topological polar surface area (TPSA) is 78.8 Å². The third-order valence-corrected chi connectivity index (χ3v) is 8.09. The summed E-state index contributed by atoms with van der Waals surface area (Å²) < 4.78 is 28.9. The molecule has 1 fully saturated rings. The normalized spacial score (nSPS) is 20.1. The fourth-order valence-electron chi connectivity index (χ4n) is 4.35. The third-order valence-electron chi connectivity index (χ3n) is 6.59. The summed E-state index contributed by atoms with van der Waals surface area (Å²) in [4.78, 5) is 5.10. The Morgan fingerprint density at radius 3 is 2.18 bits per heavy atom. The molecule has 3 rings (SSSR count). The van der Waals surface area contributed by atoms with E-state index in [1.807, 2.05) is 25.1 Å². The molecular formula is C28H40N2O3S. The van der Waals surface area contributed by atoms with Gasteiger partial charge in [-0.05, 0) is 54.4 Å². The van der Waals surface area contributed by atoms with Gasteiger partial charge in [-0.1, -0.05) is 78.1 Å². The number of aromatic hydroxyl groups is 1. The maximum absolute atomic E-state index is 13.0. The quantitative estimate of drug-likeness (QED) is 0.511. The van der Waals surface area contributed by atoms with Gasteiger partial charge in [0.15, 0.2) is 0 Å². The van der Waals surface area contributed by atoms with Gasteiger partial charge in [0.1, 0.15) is 5.75 Å². The third kappa shape index (κ3) is 6.28. The number of phenols is 1. The van der Waals surface area contributed by atoms with Crippen LogP contribution in [0.2, 0.25) is 0 Å². The summed E-state index contributed by atoms with van der Waals surface area (Å²) in [5.41, 5.74) is 3.44. The highest BCUT2D eigenvalue weighted by atomic mass is 32.2. The van der Waals surface area contributed by atoms with Crippen LogP contribution < -0.4 is 4.72 Å². The molecule has 0 bridgehead atoms. The molecule has 2 N–H and O–H groups in total. The molecule has 1 aliphatic rings. The summed E-state index contributed by atoms with van der Waals surface area (Å²) in [7, 11) is -3.63. The first kappa shape index (κ1) is 26.4. The number of hydrogen-bond donors (Lipinski definition) is 2. The lowest BCUT2D eigenvalue weighted by atomic mass is 9.79. The lowest BCUT2D eigenvalue weighted by molar-refractivity contribution is 0.363. The highest BCUT2D eigenvalue weighted by Gasteiger charge is 2.30. The lowest BCUT2D eigenvalue weighted by Crippen LogP contribution is -2.44. The predicted molar refractivity (Wildman–Crippen MR) is 141 cm³/mol. The van der Waals surface area contributed by atoms with Crippen LogP contribution in [0.1, 0.15) is 89.5 Å². The van der Waals surface area contributed by atoms with E-state index in [1.54, 1.807) is 18.3 Å². The van der Waals surface area contributed by atoms with Gasteiger partial charge in [0.25, 0.3) is 0 Å². The largest absolute Gasteiger partial charge is 0.507 e. The van der Waals surface area contributed by atoms with Crippen molar-refractivity contribution in [2.24, 2.45) is 4.99 Å². The van der Waals surface area contributed by atoms with Gasteiger partial charge >= 0.3 is 0 Å². The second-order valence-electron chi connectivity index (χ2n) is 11.6. The Bertz CT molecular complexity index is 1140. The van der Waals surface area contributed by atoms with Crippen LogP contribution in [0.15, 0.2) is 46.3 Å². The number of aliphatic imine (C=N–C) groups is 1. The Morgan fingerprint density at radius 1 is 0.971 bits per heavy atom. The smallest absolute Gasteiger partial charge is 0.240 e. The monoisotopic (exact) mass is 484 g/mol. The minimum Gasteiger partial charge on any atom is -0.507 e. The first-order chi connectivity index (χ1) is 15.7. The molecule has 1 aliphatic carbocycles. The van der Waals surface area contributed by atoms with Crippen LogP contribution in [0.4, 0.5) is 0 Å². The van der Waals surface area contributed by atoms with Gasteiger partial charge in [-0.2, -0.15) is 0 Å². The summed E-state index contributed by atoms with van der Waals surface area (Å²) in [6, 6.07) is 10.5. The zero-order valence-electron chi connectivity index (χ0n) is 21.6. The average Bonchev–Trinajstić information content (AvgIpc) is 2.72. The van der Waals surface area contributed by atoms with E-state index < -0.39 is 10.0 Å². The number of nitrogens with zero attached hydrogens (tertiary/aromatic N) is 1. The van der Waals surface area contributed by atoms with E-state index in [9.17, 15) is 13.5 Å². The molecule has 0 amide bonds. The van der Waals surface area contributed by atoms with Crippen molar-refractivity contribution in [3.63, 3.8) is 0 Å². The summed E-state index contributed by atoms with van der Waals surface area (Å²) in [6.45, 7) is 14.7. The zero-order chi connectivity index (χ0) is 25.3. The van der Waals surface area contributed by atoms with Crippen molar-refractivity contribution >= 4 is 16.2 Å². The first-order valence-corrected chi connectivity index (χ1v) is 13.7. The molecule has 0 aliphatic heterocycles. The molecular weight excluding hydrogens is 444 g/mol. The zero-order valence-corrected chi connectivity index (χ0v) is 22.5. The van der Waals surface area contributed by atoms with Gasteiger partial charge in [0.2, 0.25) is 10.0 Å². The van der Waals surface area contributed by atoms with E-state index in [1.165, 1.54) is 0 Å². The molecule has 0 aromatic heterocycles. The number of phenolic OH excluding ortho intramolecular Hbond substituents is 1. The number of sulfonamides is 1. The van der Waals surface area contributed by atoms with Gasteiger partial charge in [-0.3, -0.25) is 4.99 Å². The van der Waals surface area contributed by atoms with E-state index in [2.05, 4.69) is 52.3 Å². The molecule has 2 aromatic rings. The van der Waals surface area contributed by atoms with Gasteiger partial charge in [0, 0.05) is 23.4 Å². The van der Waals surface area contributed by atoms with E-state index in [-0.39, 0.29) is 33.6 Å². The highest BCUT2D eigenvalue weighted by Crippen LogP contribution is 2.37. The van der Waals surface area contributed by atoms with Crippen LogP contribution in [-0.2, 0) is 20.9 Å².